The van der Waals surface area contributed by atoms with Crippen molar-refractivity contribution in [1.82, 2.24) is 10.2 Å². The Hall–Kier alpha value is -2.70. The van der Waals surface area contributed by atoms with Crippen LogP contribution < -0.4 is 5.32 Å². The number of esters is 1. The van der Waals surface area contributed by atoms with Gasteiger partial charge in [0.1, 0.15) is 0 Å². The van der Waals surface area contributed by atoms with Crippen molar-refractivity contribution in [3.63, 3.8) is 0 Å². The van der Waals surface area contributed by atoms with E-state index in [9.17, 15) is 19.2 Å². The molecule has 0 heterocycles. The predicted molar refractivity (Wildman–Crippen MR) is 94.7 cm³/mol. The molecule has 2 amide bonds. The Morgan fingerprint density at radius 3 is 2.58 bits per heavy atom. The Balaban J connectivity index is 1.73. The number of rotatable bonds is 8. The molecule has 0 spiro atoms. The van der Waals surface area contributed by atoms with Gasteiger partial charge in [-0.15, -0.1) is 0 Å². The van der Waals surface area contributed by atoms with Crippen LogP contribution in [0, 0.1) is 0 Å². The zero-order valence-electron chi connectivity index (χ0n) is 15.2. The fourth-order valence-corrected chi connectivity index (χ4v) is 2.81. The van der Waals surface area contributed by atoms with Gasteiger partial charge in [-0.2, -0.15) is 0 Å². The van der Waals surface area contributed by atoms with Crippen molar-refractivity contribution in [2.24, 2.45) is 0 Å². The van der Waals surface area contributed by atoms with E-state index < -0.39 is 18.5 Å². The molecular weight excluding hydrogens is 336 g/mol. The first kappa shape index (κ1) is 19.6. The molecule has 1 aromatic carbocycles. The van der Waals surface area contributed by atoms with E-state index in [4.69, 9.17) is 4.74 Å². The number of fused-ring (bicyclic) bond motifs is 1. The van der Waals surface area contributed by atoms with Crippen molar-refractivity contribution in [2.75, 3.05) is 27.2 Å². The maximum atomic E-state index is 12.2. The summed E-state index contributed by atoms with van der Waals surface area (Å²) in [4.78, 5) is 48.1. The van der Waals surface area contributed by atoms with Crippen LogP contribution in [0.2, 0.25) is 0 Å². The number of benzene rings is 1. The molecule has 2 rings (SSSR count). The molecule has 0 bridgehead atoms. The number of ketones is 1. The number of carbonyl (C=O) groups is 4. The van der Waals surface area contributed by atoms with Crippen LogP contribution in [0.25, 0.3) is 0 Å². The molecule has 0 atom stereocenters. The van der Waals surface area contributed by atoms with Gasteiger partial charge in [0.15, 0.2) is 12.4 Å². The number of hydrogen-bond donors (Lipinski definition) is 1. The number of aryl methyl sites for hydroxylation is 2. The average molecular weight is 360 g/mol. The van der Waals surface area contributed by atoms with Gasteiger partial charge >= 0.3 is 5.97 Å². The minimum Gasteiger partial charge on any atom is -0.456 e. The molecule has 0 unspecified atom stereocenters. The molecule has 1 N–H and O–H groups in total. The Morgan fingerprint density at radius 1 is 1.12 bits per heavy atom. The van der Waals surface area contributed by atoms with Crippen molar-refractivity contribution in [3.05, 3.63) is 34.9 Å². The van der Waals surface area contributed by atoms with Gasteiger partial charge in [0.2, 0.25) is 5.91 Å². The van der Waals surface area contributed by atoms with E-state index in [1.54, 1.807) is 6.07 Å². The van der Waals surface area contributed by atoms with Crippen molar-refractivity contribution in [1.29, 1.82) is 0 Å². The number of Topliss-reactive ketones (excluding diaryl/α,β-unsaturated/α-hetero) is 1. The van der Waals surface area contributed by atoms with Crippen LogP contribution in [0.5, 0.6) is 0 Å². The second-order valence-electron chi connectivity index (χ2n) is 6.34. The summed E-state index contributed by atoms with van der Waals surface area (Å²) < 4.78 is 4.89. The number of nitrogens with zero attached hydrogens (tertiary/aromatic N) is 1. The van der Waals surface area contributed by atoms with Crippen LogP contribution in [0.4, 0.5) is 0 Å². The van der Waals surface area contributed by atoms with Gasteiger partial charge in [-0.05, 0) is 36.5 Å². The maximum absolute atomic E-state index is 12.2. The zero-order chi connectivity index (χ0) is 19.1. The minimum atomic E-state index is -0.610. The summed E-state index contributed by atoms with van der Waals surface area (Å²) in [5.74, 6) is -1.51. The fourth-order valence-electron chi connectivity index (χ4n) is 2.81. The fraction of sp³-hybridized carbons (Fsp3) is 0.474. The van der Waals surface area contributed by atoms with E-state index in [2.05, 4.69) is 5.32 Å². The summed E-state index contributed by atoms with van der Waals surface area (Å²) in [6.07, 6.45) is 3.12. The molecule has 0 aromatic heterocycles. The van der Waals surface area contributed by atoms with E-state index in [0.717, 1.165) is 19.3 Å². The molecule has 140 valence electrons. The maximum Gasteiger partial charge on any atom is 0.306 e. The lowest BCUT2D eigenvalue weighted by atomic mass is 10.0. The number of likely N-dealkylation sites (N-methyl/N-ethyl adjacent to an activating group) is 2. The second-order valence-corrected chi connectivity index (χ2v) is 6.34. The van der Waals surface area contributed by atoms with E-state index in [-0.39, 0.29) is 31.1 Å². The van der Waals surface area contributed by atoms with Gasteiger partial charge in [-0.25, -0.2) is 0 Å². The summed E-state index contributed by atoms with van der Waals surface area (Å²) in [7, 11) is 2.92. The van der Waals surface area contributed by atoms with E-state index in [1.807, 2.05) is 12.1 Å². The highest BCUT2D eigenvalue weighted by atomic mass is 16.5. The van der Waals surface area contributed by atoms with Gasteiger partial charge in [0.05, 0.1) is 13.0 Å². The number of carbonyl (C=O) groups excluding carboxylic acids is 4. The topological polar surface area (TPSA) is 92.8 Å². The third-order valence-electron chi connectivity index (χ3n) is 4.42. The Morgan fingerprint density at radius 2 is 1.85 bits per heavy atom. The monoisotopic (exact) mass is 360 g/mol. The molecule has 0 saturated carbocycles. The molecule has 0 fully saturated rings. The quantitative estimate of drug-likeness (QED) is 0.549. The third kappa shape index (κ3) is 5.40. The lowest BCUT2D eigenvalue weighted by molar-refractivity contribution is -0.151. The van der Waals surface area contributed by atoms with Gasteiger partial charge in [0, 0.05) is 26.1 Å². The summed E-state index contributed by atoms with van der Waals surface area (Å²) in [5.41, 5.74) is 3.11. The smallest absolute Gasteiger partial charge is 0.306 e. The van der Waals surface area contributed by atoms with Crippen molar-refractivity contribution in [3.8, 4) is 0 Å². The standard InChI is InChI=1S/C19H24N2O5/c1-20-17(23)11-21(2)18(24)12-26-19(25)9-8-16(22)15-7-6-13-4-3-5-14(13)10-15/h6-7,10H,3-5,8-9,11-12H2,1-2H3,(H,20,23). The molecule has 26 heavy (non-hydrogen) atoms. The van der Waals surface area contributed by atoms with Crippen LogP contribution in [0.15, 0.2) is 18.2 Å². The number of amides is 2. The van der Waals surface area contributed by atoms with Gasteiger partial charge < -0.3 is 15.0 Å². The number of ether oxygens (including phenoxy) is 1. The highest BCUT2D eigenvalue weighted by Gasteiger charge is 2.17. The van der Waals surface area contributed by atoms with Gasteiger partial charge in [-0.1, -0.05) is 12.1 Å². The first-order chi connectivity index (χ1) is 12.4. The van der Waals surface area contributed by atoms with E-state index in [0.29, 0.717) is 5.56 Å². The van der Waals surface area contributed by atoms with Crippen LogP contribution >= 0.6 is 0 Å². The molecule has 7 nitrogen and oxygen atoms in total. The molecule has 7 heteroatoms. The van der Waals surface area contributed by atoms with Crippen molar-refractivity contribution in [2.45, 2.75) is 32.1 Å². The lowest BCUT2D eigenvalue weighted by Gasteiger charge is -2.15. The van der Waals surface area contributed by atoms with Crippen molar-refractivity contribution >= 4 is 23.6 Å². The van der Waals surface area contributed by atoms with Crippen LogP contribution in [0.1, 0.15) is 40.7 Å². The predicted octanol–water partition coefficient (Wildman–Crippen LogP) is 0.886. The second kappa shape index (κ2) is 9.12. The molecule has 0 saturated heterocycles. The Kier molecular flexibility index (Phi) is 6.89. The molecule has 0 radical (unpaired) electrons. The van der Waals surface area contributed by atoms with Crippen LogP contribution in [0.3, 0.4) is 0 Å². The van der Waals surface area contributed by atoms with E-state index >= 15 is 0 Å². The normalized spacial score (nSPS) is 12.2. The zero-order valence-corrected chi connectivity index (χ0v) is 15.2. The summed E-state index contributed by atoms with van der Waals surface area (Å²) in [5, 5.41) is 2.40. The average Bonchev–Trinajstić information content (AvgIpc) is 3.11. The molecule has 1 aliphatic rings. The first-order valence-corrected chi connectivity index (χ1v) is 8.66. The largest absolute Gasteiger partial charge is 0.456 e. The SMILES string of the molecule is CNC(=O)CN(C)C(=O)COC(=O)CCC(=O)c1ccc2c(c1)CCC2. The van der Waals surface area contributed by atoms with Crippen molar-refractivity contribution < 1.29 is 23.9 Å². The van der Waals surface area contributed by atoms with E-state index in [1.165, 1.54) is 30.1 Å². The van der Waals surface area contributed by atoms with Crippen LogP contribution in [-0.4, -0.2) is 55.7 Å². The molecule has 0 aliphatic heterocycles. The summed E-state index contributed by atoms with van der Waals surface area (Å²) in [6, 6.07) is 5.69. The van der Waals surface area contributed by atoms with Gasteiger partial charge in [0.25, 0.3) is 5.91 Å². The first-order valence-electron chi connectivity index (χ1n) is 8.66. The van der Waals surface area contributed by atoms with Gasteiger partial charge in [-0.3, -0.25) is 19.2 Å². The Labute approximate surface area is 152 Å². The minimum absolute atomic E-state index is 0.0416. The highest BCUT2D eigenvalue weighted by molar-refractivity contribution is 5.98. The lowest BCUT2D eigenvalue weighted by Crippen LogP contribution is -2.39. The Bertz CT molecular complexity index is 714. The van der Waals surface area contributed by atoms with Crippen LogP contribution in [-0.2, 0) is 32.0 Å². The molecular formula is C19H24N2O5. The summed E-state index contributed by atoms with van der Waals surface area (Å²) in [6.45, 7) is -0.553. The number of nitrogens with one attached hydrogen (secondary N) is 1. The third-order valence-corrected chi connectivity index (χ3v) is 4.42. The number of hydrogen-bond acceptors (Lipinski definition) is 5. The molecule has 1 aliphatic carbocycles. The summed E-state index contributed by atoms with van der Waals surface area (Å²) >= 11 is 0. The highest BCUT2D eigenvalue weighted by Crippen LogP contribution is 2.23. The molecule has 1 aromatic rings.